The van der Waals surface area contributed by atoms with Crippen molar-refractivity contribution in [3.63, 3.8) is 0 Å². The summed E-state index contributed by atoms with van der Waals surface area (Å²) in [4.78, 5) is 3.10. The van der Waals surface area contributed by atoms with Crippen molar-refractivity contribution in [1.82, 2.24) is 4.98 Å². The van der Waals surface area contributed by atoms with Crippen LogP contribution in [0.25, 0.3) is 0 Å². The van der Waals surface area contributed by atoms with Crippen molar-refractivity contribution in [2.24, 2.45) is 5.73 Å². The van der Waals surface area contributed by atoms with Crippen LogP contribution < -0.4 is 10.5 Å². The van der Waals surface area contributed by atoms with Crippen LogP contribution in [-0.4, -0.2) is 12.1 Å². The number of pyridine rings is 1. The highest BCUT2D eigenvalue weighted by molar-refractivity contribution is 5.37. The summed E-state index contributed by atoms with van der Waals surface area (Å²) < 4.78 is 67.1. The SMILES string of the molecule is COc1cc(C(F)F)c(C(F)(F)F)nc1CN. The smallest absolute Gasteiger partial charge is 0.433 e. The largest absolute Gasteiger partial charge is 0.495 e. The molecule has 0 bridgehead atoms. The minimum Gasteiger partial charge on any atom is -0.495 e. The number of methoxy groups -OCH3 is 1. The van der Waals surface area contributed by atoms with Gasteiger partial charge in [0.15, 0.2) is 5.69 Å². The molecule has 0 aliphatic carbocycles. The summed E-state index contributed by atoms with van der Waals surface area (Å²) in [5, 5.41) is 0. The molecule has 0 aromatic carbocycles. The van der Waals surface area contributed by atoms with Gasteiger partial charge in [-0.1, -0.05) is 0 Å². The molecule has 0 saturated carbocycles. The second-order valence-corrected chi connectivity index (χ2v) is 3.08. The molecule has 0 atom stereocenters. The second-order valence-electron chi connectivity index (χ2n) is 3.08. The van der Waals surface area contributed by atoms with Gasteiger partial charge in [0.25, 0.3) is 6.43 Å². The van der Waals surface area contributed by atoms with E-state index in [2.05, 4.69) is 9.72 Å². The van der Waals surface area contributed by atoms with Crippen molar-refractivity contribution in [3.8, 4) is 5.75 Å². The molecule has 0 fully saturated rings. The van der Waals surface area contributed by atoms with Crippen LogP contribution in [0, 0.1) is 0 Å². The van der Waals surface area contributed by atoms with Gasteiger partial charge in [-0.15, -0.1) is 0 Å². The Bertz CT molecular complexity index is 405. The van der Waals surface area contributed by atoms with Crippen LogP contribution in [0.5, 0.6) is 5.75 Å². The molecule has 0 aliphatic heterocycles. The minimum absolute atomic E-state index is 0.184. The number of aromatic nitrogens is 1. The highest BCUT2D eigenvalue weighted by Crippen LogP contribution is 2.37. The molecule has 96 valence electrons. The third kappa shape index (κ3) is 2.82. The van der Waals surface area contributed by atoms with Crippen molar-refractivity contribution < 1.29 is 26.7 Å². The normalized spacial score (nSPS) is 12.0. The summed E-state index contributed by atoms with van der Waals surface area (Å²) in [6, 6.07) is 0.614. The van der Waals surface area contributed by atoms with Crippen LogP contribution in [0.1, 0.15) is 23.4 Å². The van der Waals surface area contributed by atoms with Gasteiger partial charge < -0.3 is 10.5 Å². The highest BCUT2D eigenvalue weighted by Gasteiger charge is 2.38. The Balaban J connectivity index is 3.46. The van der Waals surface area contributed by atoms with Crippen LogP contribution in [0.4, 0.5) is 22.0 Å². The zero-order valence-corrected chi connectivity index (χ0v) is 8.68. The monoisotopic (exact) mass is 256 g/mol. The molecule has 2 N–H and O–H groups in total. The van der Waals surface area contributed by atoms with Crippen LogP contribution in [-0.2, 0) is 12.7 Å². The maximum absolute atomic E-state index is 12.5. The van der Waals surface area contributed by atoms with Gasteiger partial charge in [-0.2, -0.15) is 13.2 Å². The Morgan fingerprint density at radius 2 is 2.00 bits per heavy atom. The van der Waals surface area contributed by atoms with Gasteiger partial charge in [0.2, 0.25) is 0 Å². The molecule has 0 aliphatic rings. The lowest BCUT2D eigenvalue weighted by Crippen LogP contribution is -2.16. The molecule has 1 heterocycles. The Hall–Kier alpha value is -1.44. The lowest BCUT2D eigenvalue weighted by molar-refractivity contribution is -0.143. The van der Waals surface area contributed by atoms with E-state index < -0.39 is 23.9 Å². The number of nitrogens with zero attached hydrogens (tertiary/aromatic N) is 1. The second kappa shape index (κ2) is 4.82. The summed E-state index contributed by atoms with van der Waals surface area (Å²) in [7, 11) is 1.14. The Kier molecular flexibility index (Phi) is 3.87. The number of ether oxygens (including phenoxy) is 1. The Morgan fingerprint density at radius 3 is 2.35 bits per heavy atom. The number of rotatable bonds is 3. The van der Waals surface area contributed by atoms with Gasteiger partial charge in [-0.25, -0.2) is 13.8 Å². The number of alkyl halides is 5. The molecule has 0 saturated heterocycles. The minimum atomic E-state index is -4.96. The molecule has 8 heteroatoms. The van der Waals surface area contributed by atoms with Crippen LogP contribution in [0.15, 0.2) is 6.07 Å². The Morgan fingerprint density at radius 1 is 1.41 bits per heavy atom. The summed E-state index contributed by atoms with van der Waals surface area (Å²) in [5.41, 5.74) is 2.10. The average Bonchev–Trinajstić information content (AvgIpc) is 2.25. The fourth-order valence-corrected chi connectivity index (χ4v) is 1.26. The van der Waals surface area contributed by atoms with E-state index in [1.165, 1.54) is 0 Å². The molecule has 0 spiro atoms. The van der Waals surface area contributed by atoms with Gasteiger partial charge in [0.1, 0.15) is 5.75 Å². The summed E-state index contributed by atoms with van der Waals surface area (Å²) in [6.07, 6.45) is -8.25. The molecular weight excluding hydrogens is 247 g/mol. The van der Waals surface area contributed by atoms with Crippen molar-refractivity contribution in [3.05, 3.63) is 23.0 Å². The molecule has 1 aromatic heterocycles. The molecule has 1 rings (SSSR count). The third-order valence-electron chi connectivity index (χ3n) is 2.01. The quantitative estimate of drug-likeness (QED) is 0.845. The van der Waals surface area contributed by atoms with Gasteiger partial charge in [-0.3, -0.25) is 0 Å². The van der Waals surface area contributed by atoms with Gasteiger partial charge in [0.05, 0.1) is 18.4 Å². The van der Waals surface area contributed by atoms with Gasteiger partial charge in [0, 0.05) is 6.54 Å². The van der Waals surface area contributed by atoms with E-state index in [1.807, 2.05) is 0 Å². The molecule has 0 radical (unpaired) electrons. The van der Waals surface area contributed by atoms with Gasteiger partial charge in [-0.05, 0) is 6.07 Å². The number of hydrogen-bond acceptors (Lipinski definition) is 3. The van der Waals surface area contributed by atoms with Crippen molar-refractivity contribution >= 4 is 0 Å². The van der Waals surface area contributed by atoms with Crippen molar-refractivity contribution in [1.29, 1.82) is 0 Å². The van der Waals surface area contributed by atoms with Crippen LogP contribution in [0.3, 0.4) is 0 Å². The first-order valence-corrected chi connectivity index (χ1v) is 4.44. The first-order chi connectivity index (χ1) is 7.81. The molecule has 0 amide bonds. The molecule has 17 heavy (non-hydrogen) atoms. The standard InChI is InChI=1S/C9H9F5N2O/c1-17-6-2-4(8(10)11)7(9(12,13)14)16-5(6)3-15/h2,8H,3,15H2,1H3. The maximum Gasteiger partial charge on any atom is 0.433 e. The first kappa shape index (κ1) is 13.6. The first-order valence-electron chi connectivity index (χ1n) is 4.44. The van der Waals surface area contributed by atoms with E-state index in [0.29, 0.717) is 6.07 Å². The number of hydrogen-bond donors (Lipinski definition) is 1. The summed E-state index contributed by atoms with van der Waals surface area (Å²) >= 11 is 0. The fourth-order valence-electron chi connectivity index (χ4n) is 1.26. The topological polar surface area (TPSA) is 48.1 Å². The number of halogens is 5. The zero-order valence-electron chi connectivity index (χ0n) is 8.68. The van der Waals surface area contributed by atoms with Crippen molar-refractivity contribution in [2.75, 3.05) is 7.11 Å². The summed E-state index contributed by atoms with van der Waals surface area (Å²) in [5.74, 6) is -0.184. The van der Waals surface area contributed by atoms with E-state index in [1.54, 1.807) is 0 Å². The Labute approximate surface area is 93.4 Å². The fraction of sp³-hybridized carbons (Fsp3) is 0.444. The number of nitrogens with two attached hydrogens (primary N) is 1. The van der Waals surface area contributed by atoms with Crippen LogP contribution in [0.2, 0.25) is 0 Å². The average molecular weight is 256 g/mol. The van der Waals surface area contributed by atoms with E-state index in [0.717, 1.165) is 7.11 Å². The van der Waals surface area contributed by atoms with E-state index in [-0.39, 0.29) is 18.0 Å². The predicted octanol–water partition coefficient (Wildman–Crippen LogP) is 2.51. The lowest BCUT2D eigenvalue weighted by Gasteiger charge is -2.15. The van der Waals surface area contributed by atoms with Crippen molar-refractivity contribution in [2.45, 2.75) is 19.1 Å². The van der Waals surface area contributed by atoms with Crippen LogP contribution >= 0.6 is 0 Å². The maximum atomic E-state index is 12.5. The molecule has 3 nitrogen and oxygen atoms in total. The molecule has 0 unspecified atom stereocenters. The molecular formula is C9H9F5N2O. The molecule has 1 aromatic rings. The van der Waals surface area contributed by atoms with E-state index in [4.69, 9.17) is 5.73 Å². The summed E-state index contributed by atoms with van der Waals surface area (Å²) in [6.45, 7) is -0.338. The van der Waals surface area contributed by atoms with Gasteiger partial charge >= 0.3 is 6.18 Å². The van der Waals surface area contributed by atoms with E-state index in [9.17, 15) is 22.0 Å². The zero-order chi connectivity index (χ0) is 13.2. The predicted molar refractivity (Wildman–Crippen MR) is 48.6 cm³/mol. The third-order valence-corrected chi connectivity index (χ3v) is 2.01. The highest BCUT2D eigenvalue weighted by atomic mass is 19.4. The van der Waals surface area contributed by atoms with E-state index >= 15 is 0 Å². The lowest BCUT2D eigenvalue weighted by atomic mass is 10.1.